The van der Waals surface area contributed by atoms with E-state index < -0.39 is 0 Å². The van der Waals surface area contributed by atoms with Gasteiger partial charge in [0.2, 0.25) is 0 Å². The first kappa shape index (κ1) is 13.0. The summed E-state index contributed by atoms with van der Waals surface area (Å²) in [7, 11) is 0. The summed E-state index contributed by atoms with van der Waals surface area (Å²) in [4.78, 5) is 0. The first-order chi connectivity index (χ1) is 7.18. The molecule has 0 radical (unpaired) electrons. The van der Waals surface area contributed by atoms with Gasteiger partial charge in [-0.1, -0.05) is 6.92 Å². The van der Waals surface area contributed by atoms with Crippen LogP contribution < -0.4 is 0 Å². The molecule has 1 atom stereocenters. The lowest BCUT2D eigenvalue weighted by atomic mass is 9.95. The maximum atomic E-state index is 5.47. The van der Waals surface area contributed by atoms with E-state index in [0.717, 1.165) is 6.61 Å². The topological polar surface area (TPSA) is 9.23 Å². The molecule has 0 N–H and O–H groups in total. The third kappa shape index (κ3) is 4.50. The van der Waals surface area contributed by atoms with Crippen molar-refractivity contribution in [1.29, 1.82) is 0 Å². The van der Waals surface area contributed by atoms with Crippen molar-refractivity contribution in [3.05, 3.63) is 11.8 Å². The average molecular weight is 228 g/mol. The van der Waals surface area contributed by atoms with Crippen LogP contribution in [0.4, 0.5) is 0 Å². The van der Waals surface area contributed by atoms with Crippen LogP contribution in [0.2, 0.25) is 0 Å². The molecule has 0 spiro atoms. The minimum absolute atomic E-state index is 0.592. The number of ether oxygens (including phenoxy) is 1. The van der Waals surface area contributed by atoms with E-state index in [2.05, 4.69) is 32.5 Å². The van der Waals surface area contributed by atoms with Crippen LogP contribution in [0, 0.1) is 0 Å². The van der Waals surface area contributed by atoms with Gasteiger partial charge in [-0.15, -0.1) is 0 Å². The van der Waals surface area contributed by atoms with Crippen LogP contribution in [-0.2, 0) is 4.74 Å². The fourth-order valence-corrected chi connectivity index (χ4v) is 3.61. The van der Waals surface area contributed by atoms with Gasteiger partial charge in [0.25, 0.3) is 0 Å². The zero-order chi connectivity index (χ0) is 11.1. The third-order valence-corrected chi connectivity index (χ3v) is 4.85. The molecule has 0 aromatic carbocycles. The van der Waals surface area contributed by atoms with Crippen LogP contribution >= 0.6 is 11.8 Å². The molecule has 15 heavy (non-hydrogen) atoms. The third-order valence-electron chi connectivity index (χ3n) is 3.04. The van der Waals surface area contributed by atoms with E-state index in [9.17, 15) is 0 Å². The Kier molecular flexibility index (Phi) is 5.59. The molecule has 0 saturated carbocycles. The minimum atomic E-state index is 0.592. The van der Waals surface area contributed by atoms with Gasteiger partial charge in [0.05, 0.1) is 12.9 Å². The molecular formula is C13H24OS. The molecule has 0 bridgehead atoms. The monoisotopic (exact) mass is 228 g/mol. The molecule has 1 heterocycles. The highest BCUT2D eigenvalue weighted by Gasteiger charge is 2.31. The maximum Gasteiger partial charge on any atom is 0.0873 e. The van der Waals surface area contributed by atoms with Gasteiger partial charge < -0.3 is 4.74 Å². The molecule has 0 amide bonds. The maximum absolute atomic E-state index is 5.47. The summed E-state index contributed by atoms with van der Waals surface area (Å²) >= 11 is 2.18. The van der Waals surface area contributed by atoms with Crippen LogP contribution in [0.5, 0.6) is 0 Å². The molecule has 1 aliphatic rings. The summed E-state index contributed by atoms with van der Waals surface area (Å²) in [6.07, 6.45) is 8.54. The number of rotatable bonds is 6. The molecule has 0 aromatic rings. The van der Waals surface area contributed by atoms with E-state index in [0.29, 0.717) is 4.75 Å². The van der Waals surface area contributed by atoms with Crippen molar-refractivity contribution >= 4 is 11.8 Å². The molecule has 1 fully saturated rings. The summed E-state index contributed by atoms with van der Waals surface area (Å²) in [5.74, 6) is 1.36. The fourth-order valence-electron chi connectivity index (χ4n) is 2.11. The predicted octanol–water partition coefficient (Wildman–Crippen LogP) is 4.38. The number of allylic oxidation sites excluding steroid dienone is 1. The molecule has 88 valence electrons. The van der Waals surface area contributed by atoms with Crippen LogP contribution in [0.25, 0.3) is 0 Å². The summed E-state index contributed by atoms with van der Waals surface area (Å²) in [6.45, 7) is 7.35. The number of hydrogen-bond donors (Lipinski definition) is 0. The van der Waals surface area contributed by atoms with Crippen molar-refractivity contribution in [1.82, 2.24) is 0 Å². The summed E-state index contributed by atoms with van der Waals surface area (Å²) in [5.41, 5.74) is 1.25. The summed E-state index contributed by atoms with van der Waals surface area (Å²) < 4.78 is 6.06. The Bertz CT molecular complexity index is 201. The Morgan fingerprint density at radius 2 is 2.27 bits per heavy atom. The van der Waals surface area contributed by atoms with Crippen LogP contribution in [0.1, 0.15) is 52.9 Å². The second-order valence-electron chi connectivity index (χ2n) is 4.66. The second kappa shape index (κ2) is 6.47. The van der Waals surface area contributed by atoms with Crippen molar-refractivity contribution in [2.75, 3.05) is 12.4 Å². The van der Waals surface area contributed by atoms with Gasteiger partial charge in [-0.25, -0.2) is 0 Å². The molecule has 1 saturated heterocycles. The molecule has 0 aromatic heterocycles. The van der Waals surface area contributed by atoms with E-state index in [1.807, 2.05) is 6.26 Å². The zero-order valence-corrected chi connectivity index (χ0v) is 11.2. The fraction of sp³-hybridized carbons (Fsp3) is 0.846. The minimum Gasteiger partial charge on any atom is -0.501 e. The van der Waals surface area contributed by atoms with Crippen molar-refractivity contribution in [2.24, 2.45) is 0 Å². The van der Waals surface area contributed by atoms with Gasteiger partial charge in [-0.05, 0) is 57.3 Å². The lowest BCUT2D eigenvalue weighted by molar-refractivity contribution is 0.232. The highest BCUT2D eigenvalue weighted by Crippen LogP contribution is 2.44. The quantitative estimate of drug-likeness (QED) is 0.493. The number of thioether (sulfide) groups is 1. The van der Waals surface area contributed by atoms with Crippen LogP contribution in [0.15, 0.2) is 11.8 Å². The molecule has 2 heteroatoms. The molecule has 1 unspecified atom stereocenters. The van der Waals surface area contributed by atoms with Gasteiger partial charge in [-0.2, -0.15) is 11.8 Å². The smallest absolute Gasteiger partial charge is 0.0873 e. The summed E-state index contributed by atoms with van der Waals surface area (Å²) in [6, 6.07) is 0. The highest BCUT2D eigenvalue weighted by atomic mass is 32.2. The normalized spacial score (nSPS) is 25.3. The van der Waals surface area contributed by atoms with E-state index in [1.165, 1.54) is 43.4 Å². The van der Waals surface area contributed by atoms with Crippen molar-refractivity contribution in [2.45, 2.75) is 57.6 Å². The van der Waals surface area contributed by atoms with Crippen LogP contribution in [0.3, 0.4) is 0 Å². The number of hydrogen-bond acceptors (Lipinski definition) is 2. The lowest BCUT2D eigenvalue weighted by Crippen LogP contribution is -2.20. The lowest BCUT2D eigenvalue weighted by Gasteiger charge is -2.26. The molecular weight excluding hydrogens is 204 g/mol. The second-order valence-corrected chi connectivity index (χ2v) is 6.22. The van der Waals surface area contributed by atoms with Gasteiger partial charge in [0.1, 0.15) is 0 Å². The van der Waals surface area contributed by atoms with E-state index in [4.69, 9.17) is 4.74 Å². The largest absolute Gasteiger partial charge is 0.501 e. The molecule has 0 aliphatic carbocycles. The Morgan fingerprint density at radius 1 is 1.47 bits per heavy atom. The molecule has 1 aliphatic heterocycles. The SMILES string of the molecule is CCC1(CCCOC=C(C)C)CCCS1. The van der Waals surface area contributed by atoms with Gasteiger partial charge in [0, 0.05) is 4.75 Å². The van der Waals surface area contributed by atoms with E-state index in [1.54, 1.807) is 0 Å². The Labute approximate surface area is 98.7 Å². The van der Waals surface area contributed by atoms with Crippen molar-refractivity contribution < 1.29 is 4.74 Å². The zero-order valence-electron chi connectivity index (χ0n) is 10.3. The van der Waals surface area contributed by atoms with Gasteiger partial charge >= 0.3 is 0 Å². The van der Waals surface area contributed by atoms with Crippen LogP contribution in [-0.4, -0.2) is 17.1 Å². The Hall–Kier alpha value is -0.110. The Morgan fingerprint density at radius 3 is 2.80 bits per heavy atom. The first-order valence-electron chi connectivity index (χ1n) is 6.07. The van der Waals surface area contributed by atoms with Crippen molar-refractivity contribution in [3.63, 3.8) is 0 Å². The van der Waals surface area contributed by atoms with E-state index in [-0.39, 0.29) is 0 Å². The molecule has 1 rings (SSSR count). The van der Waals surface area contributed by atoms with E-state index >= 15 is 0 Å². The summed E-state index contributed by atoms with van der Waals surface area (Å²) in [5, 5.41) is 0. The average Bonchev–Trinajstić information content (AvgIpc) is 2.66. The van der Waals surface area contributed by atoms with Crippen molar-refractivity contribution in [3.8, 4) is 0 Å². The van der Waals surface area contributed by atoms with Gasteiger partial charge in [0.15, 0.2) is 0 Å². The molecule has 1 nitrogen and oxygen atoms in total. The predicted molar refractivity (Wildman–Crippen MR) is 69.3 cm³/mol. The van der Waals surface area contributed by atoms with Gasteiger partial charge in [-0.3, -0.25) is 0 Å². The highest BCUT2D eigenvalue weighted by molar-refractivity contribution is 8.00. The first-order valence-corrected chi connectivity index (χ1v) is 7.06. The Balaban J connectivity index is 2.15. The standard InChI is InChI=1S/C13H24OS/c1-4-13(8-6-10-15-13)7-5-9-14-11-12(2)3/h11H,4-10H2,1-3H3.